The quantitative estimate of drug-likeness (QED) is 0.746. The number of halogens is 2. The van der Waals surface area contributed by atoms with Crippen LogP contribution in [0.5, 0.6) is 0 Å². The average Bonchev–Trinajstić information content (AvgIpc) is 2.76. The average molecular weight is 430 g/mol. The third-order valence-electron chi connectivity index (χ3n) is 6.15. The van der Waals surface area contributed by atoms with Crippen LogP contribution in [0.25, 0.3) is 0 Å². The zero-order valence-corrected chi connectivity index (χ0v) is 17.7. The van der Waals surface area contributed by atoms with Gasteiger partial charge in [-0.1, -0.05) is 23.7 Å². The third-order valence-corrected chi connectivity index (χ3v) is 6.40. The molecular weight excluding hydrogens is 405 g/mol. The normalized spacial score (nSPS) is 22.4. The van der Waals surface area contributed by atoms with Crippen LogP contribution < -0.4 is 4.90 Å². The van der Waals surface area contributed by atoms with E-state index in [9.17, 15) is 14.0 Å². The highest BCUT2D eigenvalue weighted by Gasteiger charge is 2.41. The van der Waals surface area contributed by atoms with Crippen molar-refractivity contribution < 1.29 is 14.0 Å². The van der Waals surface area contributed by atoms with Gasteiger partial charge in [-0.25, -0.2) is 4.39 Å². The van der Waals surface area contributed by atoms with Crippen LogP contribution in [0.1, 0.15) is 24.4 Å². The van der Waals surface area contributed by atoms with Gasteiger partial charge in [0.15, 0.2) is 0 Å². The second-order valence-corrected chi connectivity index (χ2v) is 8.37. The minimum absolute atomic E-state index is 0.0131. The van der Waals surface area contributed by atoms with Crippen molar-refractivity contribution in [3.8, 4) is 0 Å². The molecule has 4 rings (SSSR count). The number of carbonyl (C=O) groups excluding carboxylic acids is 2. The Balaban J connectivity index is 1.48. The second kappa shape index (κ2) is 8.64. The molecule has 5 nitrogen and oxygen atoms in total. The Morgan fingerprint density at radius 1 is 1.07 bits per heavy atom. The van der Waals surface area contributed by atoms with Crippen molar-refractivity contribution >= 4 is 29.1 Å². The molecule has 0 radical (unpaired) electrons. The van der Waals surface area contributed by atoms with Crippen LogP contribution in [-0.2, 0) is 9.59 Å². The highest BCUT2D eigenvalue weighted by molar-refractivity contribution is 6.30. The molecular formula is C23H25ClFN3O2. The number of amides is 2. The number of piperidine rings is 1. The van der Waals surface area contributed by atoms with E-state index in [2.05, 4.69) is 4.90 Å². The summed E-state index contributed by atoms with van der Waals surface area (Å²) in [5.74, 6) is -0.696. The van der Waals surface area contributed by atoms with Crippen LogP contribution in [0.2, 0.25) is 5.02 Å². The molecule has 0 saturated carbocycles. The third kappa shape index (κ3) is 4.15. The number of likely N-dealkylation sites (tertiary alicyclic amines) is 1. The summed E-state index contributed by atoms with van der Waals surface area (Å²) >= 11 is 5.97. The van der Waals surface area contributed by atoms with E-state index in [0.717, 1.165) is 18.8 Å². The number of nitrogens with zero attached hydrogens (tertiary/aromatic N) is 3. The first-order valence-corrected chi connectivity index (χ1v) is 10.6. The van der Waals surface area contributed by atoms with Gasteiger partial charge in [0.25, 0.3) is 0 Å². The molecule has 2 aromatic carbocycles. The monoisotopic (exact) mass is 429 g/mol. The Kier molecular flexibility index (Phi) is 5.95. The van der Waals surface area contributed by atoms with Gasteiger partial charge < -0.3 is 14.7 Å². The van der Waals surface area contributed by atoms with Crippen molar-refractivity contribution in [3.05, 3.63) is 64.9 Å². The maximum Gasteiger partial charge on any atom is 0.228 e. The van der Waals surface area contributed by atoms with E-state index in [1.165, 1.54) is 12.1 Å². The Bertz CT molecular complexity index is 928. The van der Waals surface area contributed by atoms with Crippen molar-refractivity contribution in [2.75, 3.05) is 38.1 Å². The van der Waals surface area contributed by atoms with Gasteiger partial charge in [0.05, 0.1) is 12.0 Å². The Morgan fingerprint density at radius 2 is 1.77 bits per heavy atom. The highest BCUT2D eigenvalue weighted by Crippen LogP contribution is 2.37. The molecule has 2 fully saturated rings. The van der Waals surface area contributed by atoms with Crippen molar-refractivity contribution in [2.45, 2.75) is 18.9 Å². The number of hydrogen-bond donors (Lipinski definition) is 0. The minimum Gasteiger partial charge on any atom is -0.368 e. The summed E-state index contributed by atoms with van der Waals surface area (Å²) in [6.07, 6.45) is 0.823. The molecule has 2 saturated heterocycles. The van der Waals surface area contributed by atoms with Gasteiger partial charge in [-0.15, -0.1) is 0 Å². The summed E-state index contributed by atoms with van der Waals surface area (Å²) < 4.78 is 13.8. The number of carbonyl (C=O) groups is 2. The summed E-state index contributed by atoms with van der Waals surface area (Å²) in [6, 6.07) is 13.5. The molecule has 30 heavy (non-hydrogen) atoms. The number of hydrogen-bond acceptors (Lipinski definition) is 3. The standard InChI is InChI=1S/C23H25ClFN3O2/c1-26-21(29)10-9-20(22(26)16-3-2-4-18(25)15-16)23(30)28-13-11-27(12-14-28)19-7-5-17(24)6-8-19/h2-8,15,20,22H,9-14H2,1H3. The fourth-order valence-corrected chi connectivity index (χ4v) is 4.64. The lowest BCUT2D eigenvalue weighted by Crippen LogP contribution is -2.53. The maximum absolute atomic E-state index is 13.8. The molecule has 0 aromatic heterocycles. The Morgan fingerprint density at radius 3 is 2.43 bits per heavy atom. The second-order valence-electron chi connectivity index (χ2n) is 7.94. The summed E-state index contributed by atoms with van der Waals surface area (Å²) in [6.45, 7) is 2.70. The first-order valence-electron chi connectivity index (χ1n) is 10.2. The molecule has 2 heterocycles. The number of anilines is 1. The Labute approximate surface area is 181 Å². The predicted molar refractivity (Wildman–Crippen MR) is 115 cm³/mol. The molecule has 0 aliphatic carbocycles. The highest BCUT2D eigenvalue weighted by atomic mass is 35.5. The fourth-order valence-electron chi connectivity index (χ4n) is 4.51. The lowest BCUT2D eigenvalue weighted by atomic mass is 9.83. The first-order chi connectivity index (χ1) is 14.4. The zero-order chi connectivity index (χ0) is 21.3. The molecule has 2 aliphatic rings. The Hall–Kier alpha value is -2.60. The lowest BCUT2D eigenvalue weighted by Gasteiger charge is -2.43. The first kappa shape index (κ1) is 20.7. The SMILES string of the molecule is CN1C(=O)CCC(C(=O)N2CCN(c3ccc(Cl)cc3)CC2)C1c1cccc(F)c1. The van der Waals surface area contributed by atoms with E-state index >= 15 is 0 Å². The van der Waals surface area contributed by atoms with E-state index in [0.29, 0.717) is 36.5 Å². The van der Waals surface area contributed by atoms with Gasteiger partial charge in [0.2, 0.25) is 11.8 Å². The molecule has 2 unspecified atom stereocenters. The van der Waals surface area contributed by atoms with Crippen molar-refractivity contribution in [1.29, 1.82) is 0 Å². The number of piperazine rings is 1. The maximum atomic E-state index is 13.8. The molecule has 2 atom stereocenters. The largest absolute Gasteiger partial charge is 0.368 e. The van der Waals surface area contributed by atoms with Crippen molar-refractivity contribution in [1.82, 2.24) is 9.80 Å². The molecule has 0 spiro atoms. The summed E-state index contributed by atoms with van der Waals surface area (Å²) in [4.78, 5) is 31.5. The van der Waals surface area contributed by atoms with Crippen LogP contribution in [-0.4, -0.2) is 54.8 Å². The summed E-state index contributed by atoms with van der Waals surface area (Å²) in [5, 5.41) is 0.701. The summed E-state index contributed by atoms with van der Waals surface area (Å²) in [7, 11) is 1.70. The molecule has 7 heteroatoms. The molecule has 2 aromatic rings. The molecule has 0 N–H and O–H groups in total. The van der Waals surface area contributed by atoms with E-state index in [1.54, 1.807) is 24.1 Å². The smallest absolute Gasteiger partial charge is 0.228 e. The van der Waals surface area contributed by atoms with Crippen LogP contribution in [0, 0.1) is 11.7 Å². The molecule has 2 amide bonds. The topological polar surface area (TPSA) is 43.9 Å². The number of benzene rings is 2. The van der Waals surface area contributed by atoms with Gasteiger partial charge in [-0.3, -0.25) is 9.59 Å². The molecule has 0 bridgehead atoms. The fraction of sp³-hybridized carbons (Fsp3) is 0.391. The lowest BCUT2D eigenvalue weighted by molar-refractivity contribution is -0.146. The van der Waals surface area contributed by atoms with Gasteiger partial charge in [0.1, 0.15) is 5.82 Å². The zero-order valence-electron chi connectivity index (χ0n) is 16.9. The molecule has 158 valence electrons. The van der Waals surface area contributed by atoms with E-state index in [1.807, 2.05) is 29.2 Å². The van der Waals surface area contributed by atoms with Gasteiger partial charge >= 0.3 is 0 Å². The predicted octanol–water partition coefficient (Wildman–Crippen LogP) is 3.74. The van der Waals surface area contributed by atoms with Crippen LogP contribution in [0.15, 0.2) is 48.5 Å². The van der Waals surface area contributed by atoms with Crippen LogP contribution in [0.4, 0.5) is 10.1 Å². The van der Waals surface area contributed by atoms with Crippen LogP contribution >= 0.6 is 11.6 Å². The van der Waals surface area contributed by atoms with Crippen molar-refractivity contribution in [2.24, 2.45) is 5.92 Å². The summed E-state index contributed by atoms with van der Waals surface area (Å²) in [5.41, 5.74) is 1.76. The van der Waals surface area contributed by atoms with Crippen LogP contribution in [0.3, 0.4) is 0 Å². The van der Waals surface area contributed by atoms with Gasteiger partial charge in [-0.2, -0.15) is 0 Å². The van der Waals surface area contributed by atoms with Gasteiger partial charge in [0, 0.05) is 50.4 Å². The van der Waals surface area contributed by atoms with E-state index < -0.39 is 6.04 Å². The van der Waals surface area contributed by atoms with Gasteiger partial charge in [-0.05, 0) is 48.4 Å². The molecule has 2 aliphatic heterocycles. The van der Waals surface area contributed by atoms with Crippen molar-refractivity contribution in [3.63, 3.8) is 0 Å². The van der Waals surface area contributed by atoms with E-state index in [4.69, 9.17) is 11.6 Å². The number of rotatable bonds is 3. The minimum atomic E-state index is -0.441. The van der Waals surface area contributed by atoms with E-state index in [-0.39, 0.29) is 23.5 Å².